The van der Waals surface area contributed by atoms with Crippen molar-refractivity contribution in [1.82, 2.24) is 10.5 Å². The Labute approximate surface area is 125 Å². The number of nitrogens with two attached hydrogens (primary N) is 1. The number of imide groups is 1. The van der Waals surface area contributed by atoms with Gasteiger partial charge in [-0.25, -0.2) is 0 Å². The average Bonchev–Trinajstić information content (AvgIpc) is 2.92. The highest BCUT2D eigenvalue weighted by atomic mass is 16.5. The molecule has 6 nitrogen and oxygen atoms in total. The summed E-state index contributed by atoms with van der Waals surface area (Å²) in [4.78, 5) is 23.4. The first-order valence-corrected chi connectivity index (χ1v) is 7.05. The molecule has 0 radical (unpaired) electrons. The van der Waals surface area contributed by atoms with Gasteiger partial charge in [-0.05, 0) is 30.0 Å². The normalized spacial score (nSPS) is 18.8. The van der Waals surface area contributed by atoms with E-state index >= 15 is 0 Å². The van der Waals surface area contributed by atoms with Gasteiger partial charge in [0.05, 0.1) is 11.3 Å². The summed E-state index contributed by atoms with van der Waals surface area (Å²) in [6.45, 7) is 0. The third-order valence-electron chi connectivity index (χ3n) is 4.12. The molecular formula is C16H13N3O3. The number of amides is 2. The Bertz CT molecular complexity index is 929. The molecule has 110 valence electrons. The molecule has 1 fully saturated rings. The fourth-order valence-corrected chi connectivity index (χ4v) is 3.04. The van der Waals surface area contributed by atoms with E-state index in [0.717, 1.165) is 16.2 Å². The van der Waals surface area contributed by atoms with Gasteiger partial charge in [0.15, 0.2) is 5.58 Å². The maximum Gasteiger partial charge on any atom is 0.235 e. The summed E-state index contributed by atoms with van der Waals surface area (Å²) < 4.78 is 5.37. The van der Waals surface area contributed by atoms with E-state index in [0.29, 0.717) is 29.8 Å². The topological polar surface area (TPSA) is 98.2 Å². The van der Waals surface area contributed by atoms with E-state index in [9.17, 15) is 9.59 Å². The highest BCUT2D eigenvalue weighted by molar-refractivity contribution is 6.12. The molecule has 0 spiro atoms. The largest absolute Gasteiger partial charge is 0.398 e. The number of carbonyl (C=O) groups is 2. The maximum atomic E-state index is 12.1. The molecule has 3 N–H and O–H groups in total. The van der Waals surface area contributed by atoms with Gasteiger partial charge in [0.25, 0.3) is 0 Å². The minimum Gasteiger partial charge on any atom is -0.398 e. The Morgan fingerprint density at radius 1 is 1.18 bits per heavy atom. The molecule has 1 aromatic heterocycles. The fourth-order valence-electron chi connectivity index (χ4n) is 3.04. The van der Waals surface area contributed by atoms with Crippen molar-refractivity contribution in [2.24, 2.45) is 0 Å². The molecule has 4 rings (SSSR count). The van der Waals surface area contributed by atoms with Gasteiger partial charge < -0.3 is 10.3 Å². The molecule has 3 aromatic rings. The second kappa shape index (κ2) is 4.56. The quantitative estimate of drug-likeness (QED) is 0.529. The highest BCUT2D eigenvalue weighted by Crippen LogP contribution is 2.36. The SMILES string of the molecule is Nc1cccc2c1ccc1onc(C3CCC(=O)NC3=O)c12. The van der Waals surface area contributed by atoms with Gasteiger partial charge in [-0.3, -0.25) is 14.9 Å². The van der Waals surface area contributed by atoms with Crippen LogP contribution in [0.4, 0.5) is 5.69 Å². The number of aromatic nitrogens is 1. The summed E-state index contributed by atoms with van der Waals surface area (Å²) in [5.74, 6) is -1.05. The number of rotatable bonds is 1. The summed E-state index contributed by atoms with van der Waals surface area (Å²) in [5, 5.41) is 9.03. The van der Waals surface area contributed by atoms with Crippen LogP contribution < -0.4 is 11.1 Å². The van der Waals surface area contributed by atoms with Crippen LogP contribution in [0.15, 0.2) is 34.9 Å². The van der Waals surface area contributed by atoms with E-state index in [1.54, 1.807) is 6.07 Å². The molecule has 22 heavy (non-hydrogen) atoms. The molecule has 2 amide bonds. The van der Waals surface area contributed by atoms with Gasteiger partial charge in [0.1, 0.15) is 5.69 Å². The smallest absolute Gasteiger partial charge is 0.235 e. The summed E-state index contributed by atoms with van der Waals surface area (Å²) in [5.41, 5.74) is 7.85. The van der Waals surface area contributed by atoms with Crippen molar-refractivity contribution in [3.8, 4) is 0 Å². The summed E-state index contributed by atoms with van der Waals surface area (Å²) in [6.07, 6.45) is 0.739. The van der Waals surface area contributed by atoms with Gasteiger partial charge in [0, 0.05) is 17.5 Å². The van der Waals surface area contributed by atoms with E-state index in [4.69, 9.17) is 10.3 Å². The lowest BCUT2D eigenvalue weighted by Crippen LogP contribution is -2.39. The zero-order valence-corrected chi connectivity index (χ0v) is 11.6. The number of benzene rings is 2. The number of carbonyl (C=O) groups excluding carboxylic acids is 2. The molecule has 1 aliphatic heterocycles. The molecular weight excluding hydrogens is 282 g/mol. The van der Waals surface area contributed by atoms with E-state index in [1.165, 1.54) is 0 Å². The monoisotopic (exact) mass is 295 g/mol. The predicted molar refractivity (Wildman–Crippen MR) is 81.1 cm³/mol. The number of nitrogen functional groups attached to an aromatic ring is 1. The number of nitrogens with one attached hydrogen (secondary N) is 1. The maximum absolute atomic E-state index is 12.1. The molecule has 0 saturated carbocycles. The minimum atomic E-state index is -0.481. The van der Waals surface area contributed by atoms with Crippen LogP contribution in [-0.4, -0.2) is 17.0 Å². The van der Waals surface area contributed by atoms with Crippen molar-refractivity contribution in [3.63, 3.8) is 0 Å². The van der Waals surface area contributed by atoms with Crippen molar-refractivity contribution in [1.29, 1.82) is 0 Å². The van der Waals surface area contributed by atoms with Crippen molar-refractivity contribution in [3.05, 3.63) is 36.0 Å². The number of hydrogen-bond donors (Lipinski definition) is 2. The van der Waals surface area contributed by atoms with Crippen LogP contribution >= 0.6 is 0 Å². The Morgan fingerprint density at radius 2 is 2.05 bits per heavy atom. The molecule has 0 aliphatic carbocycles. The van der Waals surface area contributed by atoms with Crippen LogP contribution in [0, 0.1) is 0 Å². The van der Waals surface area contributed by atoms with E-state index in [1.807, 2.05) is 24.3 Å². The Balaban J connectivity index is 1.97. The first-order chi connectivity index (χ1) is 10.6. The van der Waals surface area contributed by atoms with Crippen LogP contribution in [-0.2, 0) is 9.59 Å². The summed E-state index contributed by atoms with van der Waals surface area (Å²) in [7, 11) is 0. The zero-order valence-electron chi connectivity index (χ0n) is 11.6. The Hall–Kier alpha value is -2.89. The summed E-state index contributed by atoms with van der Waals surface area (Å²) >= 11 is 0. The first-order valence-electron chi connectivity index (χ1n) is 7.05. The average molecular weight is 295 g/mol. The first kappa shape index (κ1) is 12.8. The van der Waals surface area contributed by atoms with Crippen molar-refractivity contribution in [2.75, 3.05) is 5.73 Å². The fraction of sp³-hybridized carbons (Fsp3) is 0.188. The van der Waals surface area contributed by atoms with Crippen LogP contribution in [0.1, 0.15) is 24.5 Å². The number of nitrogens with zero attached hydrogens (tertiary/aromatic N) is 1. The third kappa shape index (κ3) is 1.77. The van der Waals surface area contributed by atoms with Crippen LogP contribution in [0.2, 0.25) is 0 Å². The minimum absolute atomic E-state index is 0.247. The molecule has 1 saturated heterocycles. The molecule has 2 aromatic carbocycles. The summed E-state index contributed by atoms with van der Waals surface area (Å²) in [6, 6.07) is 9.30. The lowest BCUT2D eigenvalue weighted by Gasteiger charge is -2.19. The molecule has 2 heterocycles. The van der Waals surface area contributed by atoms with E-state index < -0.39 is 5.92 Å². The number of fused-ring (bicyclic) bond motifs is 3. The Kier molecular flexibility index (Phi) is 2.66. The predicted octanol–water partition coefficient (Wildman–Crippen LogP) is 2.08. The van der Waals surface area contributed by atoms with Gasteiger partial charge in [-0.2, -0.15) is 0 Å². The lowest BCUT2D eigenvalue weighted by atomic mass is 9.91. The second-order valence-electron chi connectivity index (χ2n) is 5.45. The van der Waals surface area contributed by atoms with E-state index in [2.05, 4.69) is 10.5 Å². The molecule has 1 aliphatic rings. The molecule has 1 unspecified atom stereocenters. The van der Waals surface area contributed by atoms with Crippen molar-refractivity contribution in [2.45, 2.75) is 18.8 Å². The number of anilines is 1. The van der Waals surface area contributed by atoms with Crippen molar-refractivity contribution < 1.29 is 14.1 Å². The van der Waals surface area contributed by atoms with Gasteiger partial charge in [-0.15, -0.1) is 0 Å². The number of piperidine rings is 1. The molecule has 0 bridgehead atoms. The number of hydrogen-bond acceptors (Lipinski definition) is 5. The zero-order chi connectivity index (χ0) is 15.3. The molecule has 6 heteroatoms. The highest BCUT2D eigenvalue weighted by Gasteiger charge is 2.32. The second-order valence-corrected chi connectivity index (χ2v) is 5.45. The van der Waals surface area contributed by atoms with Gasteiger partial charge in [0.2, 0.25) is 11.8 Å². The Morgan fingerprint density at radius 3 is 2.86 bits per heavy atom. The lowest BCUT2D eigenvalue weighted by molar-refractivity contribution is -0.134. The van der Waals surface area contributed by atoms with Crippen molar-refractivity contribution >= 4 is 39.2 Å². The van der Waals surface area contributed by atoms with Gasteiger partial charge in [-0.1, -0.05) is 17.3 Å². The molecule has 1 atom stereocenters. The van der Waals surface area contributed by atoms with Crippen LogP contribution in [0.5, 0.6) is 0 Å². The standard InChI is InChI=1S/C16H13N3O3/c17-11-3-1-2-9-8(11)4-6-12-14(9)15(19-22-12)10-5-7-13(20)18-16(10)21/h1-4,6,10H,5,7,17H2,(H,18,20,21). The van der Waals surface area contributed by atoms with Gasteiger partial charge >= 0.3 is 0 Å². The van der Waals surface area contributed by atoms with Crippen LogP contribution in [0.25, 0.3) is 21.7 Å². The van der Waals surface area contributed by atoms with E-state index in [-0.39, 0.29) is 11.8 Å². The third-order valence-corrected chi connectivity index (χ3v) is 4.12. The van der Waals surface area contributed by atoms with Crippen LogP contribution in [0.3, 0.4) is 0 Å².